The van der Waals surface area contributed by atoms with Gasteiger partial charge in [-0.2, -0.15) is 0 Å². The van der Waals surface area contributed by atoms with E-state index in [0.29, 0.717) is 0 Å². The number of aromatic nitrogens is 1. The molecular formula is C14H22N2. The highest BCUT2D eigenvalue weighted by Crippen LogP contribution is 2.17. The Morgan fingerprint density at radius 1 is 1.31 bits per heavy atom. The van der Waals surface area contributed by atoms with Crippen molar-refractivity contribution in [2.75, 3.05) is 18.0 Å². The monoisotopic (exact) mass is 218 g/mol. The van der Waals surface area contributed by atoms with Gasteiger partial charge in [0, 0.05) is 19.3 Å². The van der Waals surface area contributed by atoms with Crippen molar-refractivity contribution < 1.29 is 0 Å². The van der Waals surface area contributed by atoms with Gasteiger partial charge in [0.1, 0.15) is 5.82 Å². The molecule has 0 spiro atoms. The second kappa shape index (κ2) is 6.31. The standard InChI is InChI=1S/C14H22N2/c1-5-8-16(9-6-2)14-10-12(4)13(7-3)11-15-14/h7,10-11H,3,5-6,8-9H2,1-2,4H3. The summed E-state index contributed by atoms with van der Waals surface area (Å²) in [5, 5.41) is 0. The lowest BCUT2D eigenvalue weighted by Crippen LogP contribution is -2.25. The summed E-state index contributed by atoms with van der Waals surface area (Å²) in [6.45, 7) is 12.5. The third-order valence-corrected chi connectivity index (χ3v) is 2.67. The van der Waals surface area contributed by atoms with Crippen molar-refractivity contribution in [2.24, 2.45) is 0 Å². The first-order valence-corrected chi connectivity index (χ1v) is 6.07. The van der Waals surface area contributed by atoms with Crippen LogP contribution in [0.4, 0.5) is 5.82 Å². The Balaban J connectivity index is 2.91. The molecule has 1 aromatic heterocycles. The fraction of sp³-hybridized carbons (Fsp3) is 0.500. The van der Waals surface area contributed by atoms with Gasteiger partial charge in [0.2, 0.25) is 0 Å². The van der Waals surface area contributed by atoms with E-state index in [9.17, 15) is 0 Å². The highest BCUT2D eigenvalue weighted by atomic mass is 15.2. The summed E-state index contributed by atoms with van der Waals surface area (Å²) in [6.07, 6.45) is 6.08. The van der Waals surface area contributed by atoms with Gasteiger partial charge in [0.25, 0.3) is 0 Å². The van der Waals surface area contributed by atoms with Crippen LogP contribution in [0.25, 0.3) is 6.08 Å². The van der Waals surface area contributed by atoms with Gasteiger partial charge < -0.3 is 4.90 Å². The summed E-state index contributed by atoms with van der Waals surface area (Å²) in [6, 6.07) is 2.16. The Labute approximate surface area is 99.0 Å². The van der Waals surface area contributed by atoms with E-state index in [-0.39, 0.29) is 0 Å². The van der Waals surface area contributed by atoms with Crippen molar-refractivity contribution in [1.29, 1.82) is 0 Å². The minimum Gasteiger partial charge on any atom is -0.357 e. The SMILES string of the molecule is C=Cc1cnc(N(CCC)CCC)cc1C. The van der Waals surface area contributed by atoms with Gasteiger partial charge in [0.15, 0.2) is 0 Å². The van der Waals surface area contributed by atoms with Gasteiger partial charge >= 0.3 is 0 Å². The lowest BCUT2D eigenvalue weighted by atomic mass is 10.1. The van der Waals surface area contributed by atoms with Crippen molar-refractivity contribution in [1.82, 2.24) is 4.98 Å². The maximum Gasteiger partial charge on any atom is 0.128 e. The van der Waals surface area contributed by atoms with E-state index in [1.807, 2.05) is 12.3 Å². The maximum atomic E-state index is 4.50. The first-order valence-electron chi connectivity index (χ1n) is 6.07. The maximum absolute atomic E-state index is 4.50. The van der Waals surface area contributed by atoms with Crippen LogP contribution in [0.5, 0.6) is 0 Å². The molecule has 0 saturated heterocycles. The topological polar surface area (TPSA) is 16.1 Å². The largest absolute Gasteiger partial charge is 0.357 e. The molecule has 1 rings (SSSR count). The molecule has 0 saturated carbocycles. The van der Waals surface area contributed by atoms with Crippen LogP contribution in [0.2, 0.25) is 0 Å². The van der Waals surface area contributed by atoms with Crippen LogP contribution >= 0.6 is 0 Å². The van der Waals surface area contributed by atoms with Crippen LogP contribution in [0.1, 0.15) is 37.8 Å². The van der Waals surface area contributed by atoms with E-state index in [4.69, 9.17) is 0 Å². The summed E-state index contributed by atoms with van der Waals surface area (Å²) < 4.78 is 0. The van der Waals surface area contributed by atoms with Gasteiger partial charge in [-0.25, -0.2) is 4.98 Å². The molecule has 88 valence electrons. The van der Waals surface area contributed by atoms with E-state index < -0.39 is 0 Å². The molecule has 0 aliphatic heterocycles. The fourth-order valence-electron chi connectivity index (χ4n) is 1.82. The minimum absolute atomic E-state index is 1.08. The molecule has 1 aromatic rings. The van der Waals surface area contributed by atoms with E-state index in [2.05, 4.69) is 43.3 Å². The molecule has 0 aromatic carbocycles. The van der Waals surface area contributed by atoms with Crippen molar-refractivity contribution in [3.63, 3.8) is 0 Å². The molecule has 2 heteroatoms. The number of rotatable bonds is 6. The van der Waals surface area contributed by atoms with Gasteiger partial charge in [0.05, 0.1) is 0 Å². The quantitative estimate of drug-likeness (QED) is 0.724. The zero-order valence-corrected chi connectivity index (χ0v) is 10.7. The Bertz CT molecular complexity index is 339. The molecule has 0 aliphatic carbocycles. The molecule has 0 fully saturated rings. The molecule has 0 amide bonds. The van der Waals surface area contributed by atoms with Crippen molar-refractivity contribution >= 4 is 11.9 Å². The van der Waals surface area contributed by atoms with Gasteiger partial charge in [-0.3, -0.25) is 0 Å². The van der Waals surface area contributed by atoms with Gasteiger partial charge in [-0.15, -0.1) is 0 Å². The van der Waals surface area contributed by atoms with Gasteiger partial charge in [-0.1, -0.05) is 26.5 Å². The van der Waals surface area contributed by atoms with Crippen LogP contribution in [0, 0.1) is 6.92 Å². The molecule has 0 atom stereocenters. The summed E-state index contributed by atoms with van der Waals surface area (Å²) in [7, 11) is 0. The molecule has 0 aliphatic rings. The molecule has 0 radical (unpaired) electrons. The number of pyridine rings is 1. The highest BCUT2D eigenvalue weighted by molar-refractivity contribution is 5.54. The first-order chi connectivity index (χ1) is 7.72. The number of hydrogen-bond acceptors (Lipinski definition) is 2. The Morgan fingerprint density at radius 2 is 1.94 bits per heavy atom. The van der Waals surface area contributed by atoms with Crippen LogP contribution in [-0.2, 0) is 0 Å². The zero-order chi connectivity index (χ0) is 12.0. The molecular weight excluding hydrogens is 196 g/mol. The summed E-state index contributed by atoms with van der Waals surface area (Å²) in [5.41, 5.74) is 2.37. The van der Waals surface area contributed by atoms with E-state index >= 15 is 0 Å². The Kier molecular flexibility index (Phi) is 5.03. The smallest absolute Gasteiger partial charge is 0.128 e. The van der Waals surface area contributed by atoms with E-state index in [0.717, 1.165) is 37.3 Å². The summed E-state index contributed by atoms with van der Waals surface area (Å²) in [4.78, 5) is 6.85. The third kappa shape index (κ3) is 3.09. The normalized spacial score (nSPS) is 10.2. The average molecular weight is 218 g/mol. The predicted octanol–water partition coefficient (Wildman–Crippen LogP) is 3.66. The molecule has 0 bridgehead atoms. The van der Waals surface area contributed by atoms with E-state index in [1.165, 1.54) is 5.56 Å². The molecule has 1 heterocycles. The highest BCUT2D eigenvalue weighted by Gasteiger charge is 2.06. The molecule has 0 unspecified atom stereocenters. The first kappa shape index (κ1) is 12.8. The minimum atomic E-state index is 1.08. The number of anilines is 1. The van der Waals surface area contributed by atoms with Crippen LogP contribution in [0.3, 0.4) is 0 Å². The van der Waals surface area contributed by atoms with E-state index in [1.54, 1.807) is 0 Å². The lowest BCUT2D eigenvalue weighted by Gasteiger charge is -2.23. The summed E-state index contributed by atoms with van der Waals surface area (Å²) >= 11 is 0. The van der Waals surface area contributed by atoms with Crippen molar-refractivity contribution in [3.05, 3.63) is 30.0 Å². The molecule has 16 heavy (non-hydrogen) atoms. The number of aryl methyl sites for hydroxylation is 1. The van der Waals surface area contributed by atoms with Crippen molar-refractivity contribution in [3.8, 4) is 0 Å². The lowest BCUT2D eigenvalue weighted by molar-refractivity contribution is 0.734. The second-order valence-corrected chi connectivity index (χ2v) is 4.09. The second-order valence-electron chi connectivity index (χ2n) is 4.09. The van der Waals surface area contributed by atoms with Crippen LogP contribution < -0.4 is 4.90 Å². The Hall–Kier alpha value is -1.31. The predicted molar refractivity (Wildman–Crippen MR) is 71.9 cm³/mol. The van der Waals surface area contributed by atoms with Crippen LogP contribution in [0.15, 0.2) is 18.8 Å². The van der Waals surface area contributed by atoms with Crippen LogP contribution in [-0.4, -0.2) is 18.1 Å². The average Bonchev–Trinajstić information content (AvgIpc) is 2.28. The fourth-order valence-corrected chi connectivity index (χ4v) is 1.82. The number of hydrogen-bond donors (Lipinski definition) is 0. The Morgan fingerprint density at radius 3 is 2.38 bits per heavy atom. The molecule has 2 nitrogen and oxygen atoms in total. The third-order valence-electron chi connectivity index (χ3n) is 2.67. The molecule has 0 N–H and O–H groups in total. The van der Waals surface area contributed by atoms with Gasteiger partial charge in [-0.05, 0) is 37.0 Å². The summed E-state index contributed by atoms with van der Waals surface area (Å²) in [5.74, 6) is 1.09. The van der Waals surface area contributed by atoms with Crippen molar-refractivity contribution in [2.45, 2.75) is 33.6 Å². The zero-order valence-electron chi connectivity index (χ0n) is 10.7. The number of nitrogens with zero attached hydrogens (tertiary/aromatic N) is 2.